The van der Waals surface area contributed by atoms with E-state index in [1.54, 1.807) is 18.3 Å². The van der Waals surface area contributed by atoms with E-state index in [0.29, 0.717) is 28.8 Å². The fraction of sp³-hybridized carbons (Fsp3) is 0.417. The lowest BCUT2D eigenvalue weighted by Gasteiger charge is -2.35. The Kier molecular flexibility index (Phi) is 6.63. The highest BCUT2D eigenvalue weighted by atomic mass is 19.1. The Bertz CT molecular complexity index is 1370. The number of nitrogens with zero attached hydrogens (tertiary/aromatic N) is 6. The molecule has 180 valence electrons. The summed E-state index contributed by atoms with van der Waals surface area (Å²) in [5.74, 6) is -0.337. The van der Waals surface area contributed by atoms with Crippen molar-refractivity contribution in [1.29, 1.82) is 0 Å². The molecule has 1 saturated heterocycles. The zero-order valence-electron chi connectivity index (χ0n) is 18.7. The Morgan fingerprint density at radius 3 is 2.56 bits per heavy atom. The monoisotopic (exact) mass is 468 g/mol. The summed E-state index contributed by atoms with van der Waals surface area (Å²) in [4.78, 5) is 24.4. The number of aromatic nitrogens is 5. The minimum absolute atomic E-state index is 0. The first-order valence-corrected chi connectivity index (χ1v) is 10.8. The highest BCUT2D eigenvalue weighted by Gasteiger charge is 2.23. The molecule has 0 amide bonds. The van der Waals surface area contributed by atoms with E-state index in [4.69, 9.17) is 9.47 Å². The number of morpholine rings is 1. The minimum atomic E-state index is -0.488. The lowest BCUT2D eigenvalue weighted by Crippen LogP contribution is -2.44. The second kappa shape index (κ2) is 9.47. The van der Waals surface area contributed by atoms with Crippen LogP contribution in [0.25, 0.3) is 16.7 Å². The second-order valence-electron chi connectivity index (χ2n) is 8.50. The molecule has 0 radical (unpaired) electrons. The van der Waals surface area contributed by atoms with Gasteiger partial charge in [-0.15, -0.1) is 0 Å². The molecule has 0 spiro atoms. The van der Waals surface area contributed by atoms with Crippen LogP contribution in [0.5, 0.6) is 5.75 Å². The Hall–Kier alpha value is -3.37. The standard InChI is InChI=1S/C23H25FN6O3.CH4/c1-14-9-28(10-15(2)33-14)11-17-6-18-21(25-8-17)29(23(31)30-22(18)26-13-27-30)12-16-4-5-20(32-3)19(24)7-16;/h4-8,13-15H,9-12H2,1-3H3;1H4/t14-,15+;. The summed E-state index contributed by atoms with van der Waals surface area (Å²) in [6.07, 6.45) is 3.47. The molecule has 1 fully saturated rings. The molecular weight excluding hydrogens is 439 g/mol. The lowest BCUT2D eigenvalue weighted by atomic mass is 10.1. The van der Waals surface area contributed by atoms with Crippen LogP contribution in [-0.2, 0) is 17.8 Å². The molecule has 4 heterocycles. The van der Waals surface area contributed by atoms with Crippen LogP contribution >= 0.6 is 0 Å². The first-order chi connectivity index (χ1) is 15.9. The molecule has 3 aromatic heterocycles. The van der Waals surface area contributed by atoms with Gasteiger partial charge in [-0.25, -0.2) is 19.2 Å². The maximum Gasteiger partial charge on any atom is 0.352 e. The molecule has 1 aliphatic rings. The topological polar surface area (TPSA) is 86.8 Å². The van der Waals surface area contributed by atoms with E-state index >= 15 is 0 Å². The van der Waals surface area contributed by atoms with Crippen molar-refractivity contribution in [1.82, 2.24) is 29.0 Å². The quantitative estimate of drug-likeness (QED) is 0.445. The average molecular weight is 469 g/mol. The van der Waals surface area contributed by atoms with Gasteiger partial charge in [-0.2, -0.15) is 9.61 Å². The maximum atomic E-state index is 14.2. The van der Waals surface area contributed by atoms with Crippen LogP contribution < -0.4 is 10.4 Å². The van der Waals surface area contributed by atoms with Gasteiger partial charge < -0.3 is 9.47 Å². The summed E-state index contributed by atoms with van der Waals surface area (Å²) in [7, 11) is 1.41. The number of ether oxygens (including phenoxy) is 2. The van der Waals surface area contributed by atoms with E-state index in [9.17, 15) is 9.18 Å². The van der Waals surface area contributed by atoms with E-state index in [-0.39, 0.29) is 37.6 Å². The fourth-order valence-electron chi connectivity index (χ4n) is 4.54. The van der Waals surface area contributed by atoms with Crippen molar-refractivity contribution in [3.63, 3.8) is 0 Å². The van der Waals surface area contributed by atoms with Gasteiger partial charge in [0.15, 0.2) is 17.2 Å². The van der Waals surface area contributed by atoms with Gasteiger partial charge in [0.1, 0.15) is 12.0 Å². The predicted molar refractivity (Wildman–Crippen MR) is 127 cm³/mol. The van der Waals surface area contributed by atoms with Gasteiger partial charge in [-0.1, -0.05) is 13.5 Å². The van der Waals surface area contributed by atoms with Crippen LogP contribution in [-0.4, -0.2) is 61.5 Å². The SMILES string of the molecule is C.COc1ccc(Cn2c(=O)n3ncnc3c3cc(CN4C[C@@H](C)O[C@@H](C)C4)cnc32)cc1F. The lowest BCUT2D eigenvalue weighted by molar-refractivity contribution is -0.0705. The van der Waals surface area contributed by atoms with Gasteiger partial charge in [0.2, 0.25) is 0 Å². The molecule has 0 saturated carbocycles. The fourth-order valence-corrected chi connectivity index (χ4v) is 4.54. The third kappa shape index (κ3) is 4.38. The maximum absolute atomic E-state index is 14.2. The smallest absolute Gasteiger partial charge is 0.352 e. The van der Waals surface area contributed by atoms with Gasteiger partial charge in [0.05, 0.1) is 31.2 Å². The van der Waals surface area contributed by atoms with Crippen molar-refractivity contribution in [2.75, 3.05) is 20.2 Å². The van der Waals surface area contributed by atoms with Crippen LogP contribution in [0.15, 0.2) is 41.6 Å². The molecule has 4 aromatic rings. The molecule has 1 aliphatic heterocycles. The highest BCUT2D eigenvalue weighted by molar-refractivity contribution is 5.89. The van der Waals surface area contributed by atoms with E-state index in [0.717, 1.165) is 18.7 Å². The van der Waals surface area contributed by atoms with Crippen molar-refractivity contribution in [2.24, 2.45) is 0 Å². The number of hydrogen-bond donors (Lipinski definition) is 0. The van der Waals surface area contributed by atoms with Gasteiger partial charge in [0, 0.05) is 25.8 Å². The van der Waals surface area contributed by atoms with Crippen molar-refractivity contribution in [2.45, 2.75) is 46.6 Å². The predicted octanol–water partition coefficient (Wildman–Crippen LogP) is 2.88. The van der Waals surface area contributed by atoms with Gasteiger partial charge >= 0.3 is 5.69 Å². The van der Waals surface area contributed by atoms with Crippen molar-refractivity contribution < 1.29 is 13.9 Å². The number of rotatable bonds is 5. The summed E-state index contributed by atoms with van der Waals surface area (Å²) < 4.78 is 27.8. The number of pyridine rings is 1. The van der Waals surface area contributed by atoms with Crippen LogP contribution in [0, 0.1) is 5.82 Å². The van der Waals surface area contributed by atoms with Crippen LogP contribution in [0.2, 0.25) is 0 Å². The van der Waals surface area contributed by atoms with E-state index in [1.807, 2.05) is 6.07 Å². The molecule has 0 aliphatic carbocycles. The molecule has 0 bridgehead atoms. The first kappa shape index (κ1) is 23.8. The number of benzene rings is 1. The first-order valence-electron chi connectivity index (χ1n) is 10.8. The number of methoxy groups -OCH3 is 1. The van der Waals surface area contributed by atoms with Crippen molar-refractivity contribution >= 4 is 16.7 Å². The van der Waals surface area contributed by atoms with Crippen LogP contribution in [0.1, 0.15) is 32.4 Å². The largest absolute Gasteiger partial charge is 0.494 e. The molecule has 1 aromatic carbocycles. The zero-order chi connectivity index (χ0) is 23.1. The summed E-state index contributed by atoms with van der Waals surface area (Å²) in [6.45, 7) is 6.67. The summed E-state index contributed by atoms with van der Waals surface area (Å²) in [5.41, 5.74) is 2.16. The summed E-state index contributed by atoms with van der Waals surface area (Å²) in [6, 6.07) is 6.63. The molecule has 0 N–H and O–H groups in total. The van der Waals surface area contributed by atoms with E-state index in [2.05, 4.69) is 33.8 Å². The van der Waals surface area contributed by atoms with Crippen LogP contribution in [0.4, 0.5) is 4.39 Å². The molecule has 9 nitrogen and oxygen atoms in total. The Morgan fingerprint density at radius 2 is 1.85 bits per heavy atom. The molecule has 5 rings (SSSR count). The van der Waals surface area contributed by atoms with Gasteiger partial charge in [-0.3, -0.25) is 9.47 Å². The third-order valence-corrected chi connectivity index (χ3v) is 5.84. The Balaban J connectivity index is 0.00000274. The molecule has 0 unspecified atom stereocenters. The van der Waals surface area contributed by atoms with Gasteiger partial charge in [0.25, 0.3) is 0 Å². The molecular formula is C24H29FN6O3. The van der Waals surface area contributed by atoms with E-state index in [1.165, 1.54) is 28.6 Å². The molecule has 34 heavy (non-hydrogen) atoms. The normalized spacial score (nSPS) is 18.8. The van der Waals surface area contributed by atoms with E-state index < -0.39 is 5.82 Å². The Labute approximate surface area is 196 Å². The summed E-state index contributed by atoms with van der Waals surface area (Å²) in [5, 5.41) is 4.82. The summed E-state index contributed by atoms with van der Waals surface area (Å²) >= 11 is 0. The number of fused-ring (bicyclic) bond motifs is 3. The third-order valence-electron chi connectivity index (χ3n) is 5.84. The van der Waals surface area contributed by atoms with Crippen molar-refractivity contribution in [3.8, 4) is 5.75 Å². The van der Waals surface area contributed by atoms with Crippen LogP contribution in [0.3, 0.4) is 0 Å². The highest BCUT2D eigenvalue weighted by Crippen LogP contribution is 2.22. The number of hydrogen-bond acceptors (Lipinski definition) is 7. The Morgan fingerprint density at radius 1 is 1.09 bits per heavy atom. The minimum Gasteiger partial charge on any atom is -0.494 e. The number of halogens is 1. The van der Waals surface area contributed by atoms with Crippen molar-refractivity contribution in [3.05, 3.63) is 64.2 Å². The average Bonchev–Trinajstić information content (AvgIpc) is 3.27. The zero-order valence-corrected chi connectivity index (χ0v) is 18.7. The molecule has 10 heteroatoms. The molecule has 2 atom stereocenters. The second-order valence-corrected chi connectivity index (χ2v) is 8.50. The van der Waals surface area contributed by atoms with Gasteiger partial charge in [-0.05, 0) is 43.2 Å².